The molecule has 0 aliphatic carbocycles. The van der Waals surface area contributed by atoms with Gasteiger partial charge in [-0.1, -0.05) is 13.8 Å². The van der Waals surface area contributed by atoms with Crippen LogP contribution in [0.3, 0.4) is 0 Å². The molecule has 1 aromatic heterocycles. The lowest BCUT2D eigenvalue weighted by Gasteiger charge is -2.04. The van der Waals surface area contributed by atoms with E-state index in [1.807, 2.05) is 27.7 Å². The Morgan fingerprint density at radius 2 is 2.00 bits per heavy atom. The molecule has 0 saturated heterocycles. The SMILES string of the molecule is CC.CC(C)NC(=O)c1ccc(Br)o1. The fourth-order valence-electron chi connectivity index (χ4n) is 0.770. The summed E-state index contributed by atoms with van der Waals surface area (Å²) in [5, 5.41) is 2.72. The van der Waals surface area contributed by atoms with Crippen molar-refractivity contribution in [1.82, 2.24) is 5.32 Å². The van der Waals surface area contributed by atoms with E-state index in [9.17, 15) is 4.79 Å². The zero-order valence-corrected chi connectivity index (χ0v) is 10.5. The van der Waals surface area contributed by atoms with Crippen LogP contribution in [0.4, 0.5) is 0 Å². The van der Waals surface area contributed by atoms with Crippen LogP contribution in [0.15, 0.2) is 21.2 Å². The van der Waals surface area contributed by atoms with Gasteiger partial charge in [0.25, 0.3) is 5.91 Å². The molecule has 0 fully saturated rings. The number of rotatable bonds is 2. The maximum Gasteiger partial charge on any atom is 0.287 e. The number of carbonyl (C=O) groups is 1. The second-order valence-corrected chi connectivity index (χ2v) is 3.51. The van der Waals surface area contributed by atoms with Gasteiger partial charge in [0.15, 0.2) is 10.4 Å². The Balaban J connectivity index is 0.000000791. The molecule has 1 N–H and O–H groups in total. The molecular formula is C10H16BrNO2. The molecule has 0 aliphatic heterocycles. The Kier molecular flexibility index (Phi) is 6.28. The molecule has 1 amide bonds. The van der Waals surface area contributed by atoms with Gasteiger partial charge >= 0.3 is 0 Å². The van der Waals surface area contributed by atoms with Crippen LogP contribution in [0.25, 0.3) is 0 Å². The smallest absolute Gasteiger partial charge is 0.287 e. The molecule has 0 atom stereocenters. The van der Waals surface area contributed by atoms with Gasteiger partial charge in [-0.3, -0.25) is 4.79 Å². The van der Waals surface area contributed by atoms with Crippen molar-refractivity contribution in [1.29, 1.82) is 0 Å². The van der Waals surface area contributed by atoms with E-state index in [0.717, 1.165) is 0 Å². The lowest BCUT2D eigenvalue weighted by atomic mass is 10.3. The molecule has 0 bridgehead atoms. The van der Waals surface area contributed by atoms with Crippen LogP contribution >= 0.6 is 15.9 Å². The van der Waals surface area contributed by atoms with Gasteiger partial charge in [-0.15, -0.1) is 0 Å². The topological polar surface area (TPSA) is 42.2 Å². The number of halogens is 1. The van der Waals surface area contributed by atoms with Crippen LogP contribution in [0, 0.1) is 0 Å². The average molecular weight is 262 g/mol. The maximum atomic E-state index is 11.2. The van der Waals surface area contributed by atoms with Gasteiger partial charge in [-0.05, 0) is 41.9 Å². The van der Waals surface area contributed by atoms with Crippen LogP contribution in [0.1, 0.15) is 38.2 Å². The fraction of sp³-hybridized carbons (Fsp3) is 0.500. The molecule has 1 rings (SSSR count). The number of hydrogen-bond acceptors (Lipinski definition) is 2. The lowest BCUT2D eigenvalue weighted by molar-refractivity contribution is 0.0914. The lowest BCUT2D eigenvalue weighted by Crippen LogP contribution is -2.29. The monoisotopic (exact) mass is 261 g/mol. The minimum Gasteiger partial charge on any atom is -0.444 e. The van der Waals surface area contributed by atoms with E-state index >= 15 is 0 Å². The third-order valence-corrected chi connectivity index (χ3v) is 1.64. The summed E-state index contributed by atoms with van der Waals surface area (Å²) in [5.41, 5.74) is 0. The van der Waals surface area contributed by atoms with Crippen LogP contribution in [-0.2, 0) is 0 Å². The molecule has 80 valence electrons. The zero-order valence-electron chi connectivity index (χ0n) is 8.93. The summed E-state index contributed by atoms with van der Waals surface area (Å²) in [6.07, 6.45) is 0. The molecule has 0 saturated carbocycles. The summed E-state index contributed by atoms with van der Waals surface area (Å²) in [7, 11) is 0. The van der Waals surface area contributed by atoms with Crippen LogP contribution in [-0.4, -0.2) is 11.9 Å². The number of amides is 1. The molecule has 1 aromatic rings. The molecule has 0 radical (unpaired) electrons. The highest BCUT2D eigenvalue weighted by Gasteiger charge is 2.10. The summed E-state index contributed by atoms with van der Waals surface area (Å²) in [5.74, 6) is 0.145. The fourth-order valence-corrected chi connectivity index (χ4v) is 1.08. The average Bonchev–Trinajstić information content (AvgIpc) is 2.54. The van der Waals surface area contributed by atoms with Crippen molar-refractivity contribution >= 4 is 21.8 Å². The van der Waals surface area contributed by atoms with E-state index in [2.05, 4.69) is 21.2 Å². The number of carbonyl (C=O) groups excluding carboxylic acids is 1. The van der Waals surface area contributed by atoms with Crippen LogP contribution in [0.5, 0.6) is 0 Å². The molecule has 3 nitrogen and oxygen atoms in total. The first kappa shape index (κ1) is 13.2. The minimum atomic E-state index is -0.185. The first-order valence-electron chi connectivity index (χ1n) is 4.66. The first-order valence-corrected chi connectivity index (χ1v) is 5.45. The van der Waals surface area contributed by atoms with Gasteiger partial charge in [-0.25, -0.2) is 0 Å². The summed E-state index contributed by atoms with van der Waals surface area (Å²) in [4.78, 5) is 11.2. The van der Waals surface area contributed by atoms with Crippen molar-refractivity contribution < 1.29 is 9.21 Å². The summed E-state index contributed by atoms with van der Waals surface area (Å²) < 4.78 is 5.62. The second-order valence-electron chi connectivity index (χ2n) is 2.73. The van der Waals surface area contributed by atoms with Crippen molar-refractivity contribution in [3.8, 4) is 0 Å². The maximum absolute atomic E-state index is 11.2. The molecule has 0 spiro atoms. The minimum absolute atomic E-state index is 0.126. The van der Waals surface area contributed by atoms with E-state index in [1.165, 1.54) is 0 Å². The summed E-state index contributed by atoms with van der Waals surface area (Å²) in [6.45, 7) is 7.80. The van der Waals surface area contributed by atoms with E-state index in [0.29, 0.717) is 10.4 Å². The Hall–Kier alpha value is -0.770. The predicted molar refractivity (Wildman–Crippen MR) is 60.4 cm³/mol. The molecule has 14 heavy (non-hydrogen) atoms. The molecular weight excluding hydrogens is 246 g/mol. The van der Waals surface area contributed by atoms with Crippen LogP contribution in [0.2, 0.25) is 0 Å². The third kappa shape index (κ3) is 4.46. The van der Waals surface area contributed by atoms with Crippen molar-refractivity contribution in [2.45, 2.75) is 33.7 Å². The van der Waals surface area contributed by atoms with Crippen molar-refractivity contribution in [3.05, 3.63) is 22.6 Å². The van der Waals surface area contributed by atoms with Crippen molar-refractivity contribution in [3.63, 3.8) is 0 Å². The Labute approximate surface area is 93.0 Å². The highest BCUT2D eigenvalue weighted by molar-refractivity contribution is 9.10. The number of nitrogens with one attached hydrogen (secondary N) is 1. The Morgan fingerprint density at radius 1 is 1.43 bits per heavy atom. The number of furan rings is 1. The van der Waals surface area contributed by atoms with E-state index in [1.54, 1.807) is 12.1 Å². The molecule has 0 aliphatic rings. The normalized spacial score (nSPS) is 9.29. The van der Waals surface area contributed by atoms with E-state index < -0.39 is 0 Å². The zero-order chi connectivity index (χ0) is 11.1. The number of hydrogen-bond donors (Lipinski definition) is 1. The highest BCUT2D eigenvalue weighted by Crippen LogP contribution is 2.13. The molecule has 0 aromatic carbocycles. The first-order chi connectivity index (χ1) is 6.59. The highest BCUT2D eigenvalue weighted by atomic mass is 79.9. The van der Waals surface area contributed by atoms with Crippen molar-refractivity contribution in [2.24, 2.45) is 0 Å². The predicted octanol–water partition coefficient (Wildman–Crippen LogP) is 3.21. The second kappa shape index (κ2) is 6.65. The van der Waals surface area contributed by atoms with Gasteiger partial charge in [0.2, 0.25) is 0 Å². The van der Waals surface area contributed by atoms with Gasteiger partial charge in [-0.2, -0.15) is 0 Å². The summed E-state index contributed by atoms with van der Waals surface area (Å²) >= 11 is 3.12. The largest absolute Gasteiger partial charge is 0.444 e. The van der Waals surface area contributed by atoms with Crippen molar-refractivity contribution in [2.75, 3.05) is 0 Å². The summed E-state index contributed by atoms with van der Waals surface area (Å²) in [6, 6.07) is 3.44. The van der Waals surface area contributed by atoms with Gasteiger partial charge in [0, 0.05) is 6.04 Å². The molecule has 0 unspecified atom stereocenters. The third-order valence-electron chi connectivity index (χ3n) is 1.22. The van der Waals surface area contributed by atoms with Crippen LogP contribution < -0.4 is 5.32 Å². The van der Waals surface area contributed by atoms with Gasteiger partial charge < -0.3 is 9.73 Å². The quantitative estimate of drug-likeness (QED) is 0.889. The standard InChI is InChI=1S/C8H10BrNO2.C2H6/c1-5(2)10-8(11)6-3-4-7(9)12-6;1-2/h3-5H,1-2H3,(H,10,11);1-2H3. The molecule has 4 heteroatoms. The van der Waals surface area contributed by atoms with Gasteiger partial charge in [0.05, 0.1) is 0 Å². The Bertz CT molecular complexity index is 281. The Morgan fingerprint density at radius 3 is 2.36 bits per heavy atom. The van der Waals surface area contributed by atoms with E-state index in [-0.39, 0.29) is 11.9 Å². The molecule has 1 heterocycles. The van der Waals surface area contributed by atoms with Gasteiger partial charge in [0.1, 0.15) is 0 Å². The van der Waals surface area contributed by atoms with E-state index in [4.69, 9.17) is 4.42 Å².